The van der Waals surface area contributed by atoms with Gasteiger partial charge in [0.2, 0.25) is 5.91 Å². The van der Waals surface area contributed by atoms with Crippen LogP contribution in [0.25, 0.3) is 0 Å². The molecular formula is C9H13ClF3NO2. The lowest BCUT2D eigenvalue weighted by Gasteiger charge is -2.19. The van der Waals surface area contributed by atoms with E-state index in [0.717, 1.165) is 4.90 Å². The van der Waals surface area contributed by atoms with E-state index in [-0.39, 0.29) is 6.54 Å². The Morgan fingerprint density at radius 1 is 1.56 bits per heavy atom. The predicted molar refractivity (Wildman–Crippen MR) is 52.0 cm³/mol. The van der Waals surface area contributed by atoms with Gasteiger partial charge in [0.1, 0.15) is 5.38 Å². The highest BCUT2D eigenvalue weighted by molar-refractivity contribution is 6.30. The molecule has 0 radical (unpaired) electrons. The Bertz CT molecular complexity index is 270. The minimum atomic E-state index is -4.39. The smallest absolute Gasteiger partial charge is 0.393 e. The Kier molecular flexibility index (Phi) is 4.07. The summed E-state index contributed by atoms with van der Waals surface area (Å²) in [5.41, 5.74) is 0. The molecule has 0 saturated carbocycles. The highest BCUT2D eigenvalue weighted by atomic mass is 35.5. The summed E-state index contributed by atoms with van der Waals surface area (Å²) in [7, 11) is 0. The summed E-state index contributed by atoms with van der Waals surface area (Å²) < 4.78 is 37.7. The van der Waals surface area contributed by atoms with Gasteiger partial charge in [-0.25, -0.2) is 0 Å². The molecule has 0 aliphatic carbocycles. The molecule has 0 aromatic rings. The van der Waals surface area contributed by atoms with E-state index in [1.807, 2.05) is 0 Å². The molecule has 1 aliphatic heterocycles. The van der Waals surface area contributed by atoms with E-state index in [0.29, 0.717) is 0 Å². The third-order valence-corrected chi connectivity index (χ3v) is 2.93. The monoisotopic (exact) mass is 259 g/mol. The van der Waals surface area contributed by atoms with Crippen molar-refractivity contribution >= 4 is 17.5 Å². The minimum Gasteiger partial charge on any atom is -0.396 e. The average Bonchev–Trinajstić information content (AvgIpc) is 2.59. The van der Waals surface area contributed by atoms with Crippen LogP contribution in [0, 0.1) is 11.8 Å². The van der Waals surface area contributed by atoms with Crippen molar-refractivity contribution in [2.45, 2.75) is 18.5 Å². The van der Waals surface area contributed by atoms with Crippen LogP contribution in [0.3, 0.4) is 0 Å². The summed E-state index contributed by atoms with van der Waals surface area (Å²) in [6.45, 7) is 0.338. The van der Waals surface area contributed by atoms with Crippen molar-refractivity contribution in [3.63, 3.8) is 0 Å². The number of aliphatic hydroxyl groups excluding tert-OH is 1. The maximum Gasteiger partial charge on any atom is 0.393 e. The normalized spacial score (nSPS) is 28.2. The van der Waals surface area contributed by atoms with Crippen molar-refractivity contribution in [2.24, 2.45) is 11.8 Å². The maximum atomic E-state index is 12.6. The van der Waals surface area contributed by atoms with Crippen LogP contribution >= 0.6 is 11.6 Å². The number of nitrogens with zero attached hydrogens (tertiary/aromatic N) is 1. The number of rotatable bonds is 2. The van der Waals surface area contributed by atoms with Gasteiger partial charge in [-0.1, -0.05) is 0 Å². The van der Waals surface area contributed by atoms with Crippen molar-refractivity contribution in [3.05, 3.63) is 0 Å². The van der Waals surface area contributed by atoms with Gasteiger partial charge in [-0.3, -0.25) is 4.79 Å². The van der Waals surface area contributed by atoms with E-state index in [4.69, 9.17) is 16.7 Å². The van der Waals surface area contributed by atoms with Gasteiger partial charge in [-0.15, -0.1) is 11.6 Å². The molecule has 0 aromatic carbocycles. The zero-order valence-electron chi connectivity index (χ0n) is 8.67. The van der Waals surface area contributed by atoms with E-state index in [2.05, 4.69) is 0 Å². The van der Waals surface area contributed by atoms with Gasteiger partial charge in [0.15, 0.2) is 0 Å². The molecule has 1 aliphatic rings. The zero-order chi connectivity index (χ0) is 12.5. The van der Waals surface area contributed by atoms with Crippen LogP contribution in [0.15, 0.2) is 0 Å². The van der Waals surface area contributed by atoms with Gasteiger partial charge in [0.25, 0.3) is 0 Å². The second-order valence-electron chi connectivity index (χ2n) is 3.95. The molecule has 3 nitrogen and oxygen atoms in total. The van der Waals surface area contributed by atoms with Crippen molar-refractivity contribution < 1.29 is 23.1 Å². The molecule has 1 fully saturated rings. The molecule has 7 heteroatoms. The molecule has 1 N–H and O–H groups in total. The number of alkyl halides is 4. The van der Waals surface area contributed by atoms with E-state index < -0.39 is 42.4 Å². The molecule has 1 amide bonds. The van der Waals surface area contributed by atoms with Crippen LogP contribution in [-0.4, -0.2) is 47.2 Å². The number of aliphatic hydroxyl groups is 1. The molecule has 94 valence electrons. The molecule has 0 bridgehead atoms. The summed E-state index contributed by atoms with van der Waals surface area (Å²) in [6, 6.07) is 0. The summed E-state index contributed by atoms with van der Waals surface area (Å²) >= 11 is 5.53. The van der Waals surface area contributed by atoms with Crippen LogP contribution in [0.4, 0.5) is 13.2 Å². The van der Waals surface area contributed by atoms with Crippen LogP contribution in [0.2, 0.25) is 0 Å². The van der Waals surface area contributed by atoms with Crippen LogP contribution in [-0.2, 0) is 4.79 Å². The number of likely N-dealkylation sites (tertiary alicyclic amines) is 1. The topological polar surface area (TPSA) is 40.5 Å². The van der Waals surface area contributed by atoms with Crippen LogP contribution < -0.4 is 0 Å². The third-order valence-electron chi connectivity index (χ3n) is 2.75. The van der Waals surface area contributed by atoms with E-state index in [1.165, 1.54) is 6.92 Å². The Balaban J connectivity index is 2.74. The summed E-state index contributed by atoms with van der Waals surface area (Å²) in [5.74, 6) is -3.12. The Morgan fingerprint density at radius 3 is 2.44 bits per heavy atom. The van der Waals surface area contributed by atoms with Crippen molar-refractivity contribution in [1.82, 2.24) is 4.90 Å². The Hall–Kier alpha value is -0.490. The number of hydrogen-bond acceptors (Lipinski definition) is 2. The standard InChI is InChI=1S/C9H13ClF3NO2/c1-5(10)8(16)14-2-6(4-15)7(3-14)9(11,12)13/h5-7,15H,2-4H2,1H3/t5-,6-,7+/m0/s1. The molecule has 0 unspecified atom stereocenters. The molecule has 1 heterocycles. The number of amides is 1. The molecule has 0 spiro atoms. The molecule has 1 saturated heterocycles. The lowest BCUT2D eigenvalue weighted by molar-refractivity contribution is -0.183. The summed E-state index contributed by atoms with van der Waals surface area (Å²) in [4.78, 5) is 12.5. The van der Waals surface area contributed by atoms with Crippen molar-refractivity contribution in [3.8, 4) is 0 Å². The fraction of sp³-hybridized carbons (Fsp3) is 0.889. The van der Waals surface area contributed by atoms with Crippen molar-refractivity contribution in [1.29, 1.82) is 0 Å². The van der Waals surface area contributed by atoms with Crippen LogP contribution in [0.5, 0.6) is 0 Å². The summed E-state index contributed by atoms with van der Waals surface area (Å²) in [6.07, 6.45) is -4.39. The maximum absolute atomic E-state index is 12.6. The van der Waals surface area contributed by atoms with Gasteiger partial charge >= 0.3 is 6.18 Å². The number of hydrogen-bond donors (Lipinski definition) is 1. The van der Waals surface area contributed by atoms with E-state index in [9.17, 15) is 18.0 Å². The second-order valence-corrected chi connectivity index (χ2v) is 4.60. The van der Waals surface area contributed by atoms with Gasteiger partial charge in [-0.2, -0.15) is 13.2 Å². The van der Waals surface area contributed by atoms with E-state index >= 15 is 0 Å². The average molecular weight is 260 g/mol. The van der Waals surface area contributed by atoms with Gasteiger partial charge < -0.3 is 10.0 Å². The second kappa shape index (κ2) is 4.79. The molecule has 3 atom stereocenters. The molecule has 0 aromatic heterocycles. The zero-order valence-corrected chi connectivity index (χ0v) is 9.42. The summed E-state index contributed by atoms with van der Waals surface area (Å²) in [5, 5.41) is 8.03. The first-order chi connectivity index (χ1) is 7.27. The Morgan fingerprint density at radius 2 is 2.12 bits per heavy atom. The van der Waals surface area contributed by atoms with Crippen LogP contribution in [0.1, 0.15) is 6.92 Å². The van der Waals surface area contributed by atoms with E-state index in [1.54, 1.807) is 0 Å². The minimum absolute atomic E-state index is 0.0867. The SMILES string of the molecule is C[C@H](Cl)C(=O)N1C[C@@H](CO)[C@H](C(F)(F)F)C1. The van der Waals surface area contributed by atoms with Crippen molar-refractivity contribution in [2.75, 3.05) is 19.7 Å². The van der Waals surface area contributed by atoms with Gasteiger partial charge in [0, 0.05) is 25.6 Å². The number of halogens is 4. The first kappa shape index (κ1) is 13.6. The molecule has 1 rings (SSSR count). The lowest BCUT2D eigenvalue weighted by atomic mass is 9.97. The fourth-order valence-corrected chi connectivity index (χ4v) is 2.00. The van der Waals surface area contributed by atoms with Gasteiger partial charge in [0.05, 0.1) is 5.92 Å². The predicted octanol–water partition coefficient (Wildman–Crippen LogP) is 1.24. The first-order valence-electron chi connectivity index (χ1n) is 4.87. The number of carbonyl (C=O) groups excluding carboxylic acids is 1. The largest absolute Gasteiger partial charge is 0.396 e. The quantitative estimate of drug-likeness (QED) is 0.758. The highest BCUT2D eigenvalue weighted by Crippen LogP contribution is 2.37. The Labute approximate surface area is 96.2 Å². The lowest BCUT2D eigenvalue weighted by Crippen LogP contribution is -2.35. The number of carbonyl (C=O) groups is 1. The van der Waals surface area contributed by atoms with Gasteiger partial charge in [-0.05, 0) is 6.92 Å². The first-order valence-corrected chi connectivity index (χ1v) is 5.31. The fourth-order valence-electron chi connectivity index (χ4n) is 1.86. The third kappa shape index (κ3) is 2.79. The molecule has 16 heavy (non-hydrogen) atoms. The highest BCUT2D eigenvalue weighted by Gasteiger charge is 2.50. The molecular weight excluding hydrogens is 247 g/mol.